The van der Waals surface area contributed by atoms with Crippen LogP contribution in [-0.2, 0) is 4.79 Å². The molecule has 3 aromatic carbocycles. The average molecular weight is 603 g/mol. The summed E-state index contributed by atoms with van der Waals surface area (Å²) in [5.41, 5.74) is 0.815. The number of anilines is 1. The predicted molar refractivity (Wildman–Crippen MR) is 149 cm³/mol. The summed E-state index contributed by atoms with van der Waals surface area (Å²) in [6.07, 6.45) is -1.89. The first kappa shape index (κ1) is 29.1. The van der Waals surface area contributed by atoms with Crippen LogP contribution in [0.2, 0.25) is 5.02 Å². The van der Waals surface area contributed by atoms with Gasteiger partial charge >= 0.3 is 12.3 Å². The zero-order valence-corrected chi connectivity index (χ0v) is 23.0. The van der Waals surface area contributed by atoms with Gasteiger partial charge in [-0.15, -0.1) is 13.2 Å². The number of hydrogen-bond acceptors (Lipinski definition) is 6. The first-order valence-electron chi connectivity index (χ1n) is 12.9. The van der Waals surface area contributed by atoms with E-state index in [1.165, 1.54) is 30.0 Å². The fourth-order valence-electron chi connectivity index (χ4n) is 4.71. The quantitative estimate of drug-likeness (QED) is 0.185. The van der Waals surface area contributed by atoms with Crippen molar-refractivity contribution in [3.8, 4) is 17.2 Å². The smallest absolute Gasteiger partial charge is 0.497 e. The average Bonchev–Trinajstić information content (AvgIpc) is 3.56. The number of hydrogen-bond donors (Lipinski definition) is 2. The maximum absolute atomic E-state index is 14.0. The van der Waals surface area contributed by atoms with Gasteiger partial charge in [-0.05, 0) is 48.7 Å². The van der Waals surface area contributed by atoms with Crippen LogP contribution in [0.1, 0.15) is 35.7 Å². The highest BCUT2D eigenvalue weighted by atomic mass is 35.5. The minimum Gasteiger partial charge on any atom is -0.497 e. The Morgan fingerprint density at radius 3 is 2.38 bits per heavy atom. The second kappa shape index (κ2) is 11.5. The van der Waals surface area contributed by atoms with Gasteiger partial charge in [0.05, 0.1) is 25.7 Å². The lowest BCUT2D eigenvalue weighted by atomic mass is 10.0. The molecule has 8 nitrogen and oxygen atoms in total. The number of carbonyl (C=O) groups is 2. The van der Waals surface area contributed by atoms with Crippen LogP contribution in [0.25, 0.3) is 10.9 Å². The van der Waals surface area contributed by atoms with Crippen molar-refractivity contribution < 1.29 is 42.1 Å². The third kappa shape index (κ3) is 6.91. The monoisotopic (exact) mass is 602 g/mol. The largest absolute Gasteiger partial charge is 0.573 e. The molecule has 1 aromatic heterocycles. The van der Waals surface area contributed by atoms with Gasteiger partial charge in [0.15, 0.2) is 0 Å². The van der Waals surface area contributed by atoms with Crippen LogP contribution in [0.3, 0.4) is 0 Å². The number of fused-ring (bicyclic) bond motifs is 1. The maximum Gasteiger partial charge on any atom is 0.573 e. The number of benzene rings is 3. The van der Waals surface area contributed by atoms with E-state index in [1.54, 1.807) is 48.5 Å². The molecule has 0 radical (unpaired) electrons. The number of halogens is 4. The fraction of sp³-hybridized carbons (Fsp3) is 0.267. The molecule has 1 saturated carbocycles. The van der Waals surface area contributed by atoms with Crippen molar-refractivity contribution in [3.05, 3.63) is 83.5 Å². The lowest BCUT2D eigenvalue weighted by Gasteiger charge is -2.22. The summed E-state index contributed by atoms with van der Waals surface area (Å²) < 4.78 is 55.3. The molecule has 2 N–H and O–H groups in total. The number of nitrogens with one attached hydrogen (secondary N) is 1. The van der Waals surface area contributed by atoms with E-state index in [2.05, 4.69) is 10.1 Å². The molecule has 1 aliphatic rings. The first-order chi connectivity index (χ1) is 19.9. The Morgan fingerprint density at radius 2 is 1.74 bits per heavy atom. The van der Waals surface area contributed by atoms with Gasteiger partial charge in [0.25, 0.3) is 5.91 Å². The van der Waals surface area contributed by atoms with Gasteiger partial charge < -0.3 is 24.6 Å². The van der Waals surface area contributed by atoms with Gasteiger partial charge in [-0.2, -0.15) is 0 Å². The second-order valence-electron chi connectivity index (χ2n) is 10.2. The van der Waals surface area contributed by atoms with Crippen LogP contribution in [-0.4, -0.2) is 41.6 Å². The molecule has 12 heteroatoms. The summed E-state index contributed by atoms with van der Waals surface area (Å²) in [6.45, 7) is 0.211. The number of carbonyl (C=O) groups excluding carboxylic acids is 1. The zero-order valence-electron chi connectivity index (χ0n) is 22.3. The van der Waals surface area contributed by atoms with Gasteiger partial charge in [0.1, 0.15) is 23.3 Å². The molecule has 1 unspecified atom stereocenters. The van der Waals surface area contributed by atoms with Crippen LogP contribution in [0.5, 0.6) is 17.2 Å². The van der Waals surface area contributed by atoms with E-state index in [9.17, 15) is 27.9 Å². The standard InChI is InChI=1S/C30H26ClF3N2O6/c1-40-23-12-21(13-24(14-23)41-17-29(9-10-29)16-26(37)38)35-27(19-2-5-20(31)6-3-19)28(39)36-11-8-18-4-7-22(15-25(18)36)42-30(32,33)34/h2-8,11-15,27,35H,9-10,16-17H2,1H3,(H,37,38). The van der Waals surface area contributed by atoms with Gasteiger partial charge in [-0.1, -0.05) is 23.7 Å². The van der Waals surface area contributed by atoms with Crippen molar-refractivity contribution in [2.45, 2.75) is 31.7 Å². The summed E-state index contributed by atoms with van der Waals surface area (Å²) in [6, 6.07) is 16.0. The van der Waals surface area contributed by atoms with Crippen molar-refractivity contribution in [1.82, 2.24) is 4.57 Å². The van der Waals surface area contributed by atoms with Crippen LogP contribution < -0.4 is 19.5 Å². The Balaban J connectivity index is 1.47. The van der Waals surface area contributed by atoms with Gasteiger partial charge in [-0.25, -0.2) is 0 Å². The Labute approximate surface area is 243 Å². The minimum atomic E-state index is -4.89. The van der Waals surface area contributed by atoms with E-state index in [0.717, 1.165) is 18.9 Å². The van der Waals surface area contributed by atoms with E-state index in [4.69, 9.17) is 21.1 Å². The lowest BCUT2D eigenvalue weighted by molar-refractivity contribution is -0.274. The summed E-state index contributed by atoms with van der Waals surface area (Å²) in [7, 11) is 1.48. The Bertz CT molecular complexity index is 1620. The van der Waals surface area contributed by atoms with Crippen LogP contribution >= 0.6 is 11.6 Å². The molecule has 1 fully saturated rings. The third-order valence-corrected chi connectivity index (χ3v) is 7.29. The molecule has 5 rings (SSSR count). The van der Waals surface area contributed by atoms with Crippen molar-refractivity contribution in [2.24, 2.45) is 5.41 Å². The van der Waals surface area contributed by atoms with Crippen LogP contribution in [0.15, 0.2) is 72.9 Å². The fourth-order valence-corrected chi connectivity index (χ4v) is 4.83. The highest BCUT2D eigenvalue weighted by Gasteiger charge is 2.45. The first-order valence-corrected chi connectivity index (χ1v) is 13.3. The SMILES string of the molecule is COc1cc(NC(C(=O)n2ccc3ccc(OC(F)(F)F)cc32)c2ccc(Cl)cc2)cc(OCC2(CC(=O)O)CC2)c1. The summed E-state index contributed by atoms with van der Waals surface area (Å²) in [4.78, 5) is 25.2. The summed E-state index contributed by atoms with van der Waals surface area (Å²) in [5.74, 6) is -0.982. The van der Waals surface area contributed by atoms with Gasteiger partial charge in [-0.3, -0.25) is 14.2 Å². The van der Waals surface area contributed by atoms with Crippen molar-refractivity contribution in [3.63, 3.8) is 0 Å². The molecule has 0 amide bonds. The number of rotatable bonds is 11. The number of carboxylic acids is 1. The highest BCUT2D eigenvalue weighted by Crippen LogP contribution is 2.49. The third-order valence-electron chi connectivity index (χ3n) is 7.04. The molecule has 1 atom stereocenters. The van der Waals surface area contributed by atoms with Crippen molar-refractivity contribution >= 4 is 40.1 Å². The molecular weight excluding hydrogens is 577 g/mol. The predicted octanol–water partition coefficient (Wildman–Crippen LogP) is 7.33. The van der Waals surface area contributed by atoms with Crippen molar-refractivity contribution in [2.75, 3.05) is 19.0 Å². The molecule has 1 aliphatic carbocycles. The highest BCUT2D eigenvalue weighted by molar-refractivity contribution is 6.30. The molecule has 0 spiro atoms. The number of ether oxygens (including phenoxy) is 3. The number of carboxylic acid groups (broad SMARTS) is 1. The Morgan fingerprint density at radius 1 is 1.02 bits per heavy atom. The molecule has 1 heterocycles. The number of alkyl halides is 3. The van der Waals surface area contributed by atoms with Gasteiger partial charge in [0.2, 0.25) is 0 Å². The molecule has 0 saturated heterocycles. The Kier molecular flexibility index (Phi) is 7.96. The second-order valence-corrected chi connectivity index (χ2v) is 10.6. The molecular formula is C30H26ClF3N2O6. The molecule has 42 heavy (non-hydrogen) atoms. The number of methoxy groups -OCH3 is 1. The van der Waals surface area contributed by atoms with Gasteiger partial charge in [0, 0.05) is 52.0 Å². The van der Waals surface area contributed by atoms with Crippen molar-refractivity contribution in [1.29, 1.82) is 0 Å². The molecule has 0 bridgehead atoms. The molecule has 4 aromatic rings. The molecule has 0 aliphatic heterocycles. The zero-order chi connectivity index (χ0) is 30.1. The lowest BCUT2D eigenvalue weighted by Crippen LogP contribution is -2.26. The van der Waals surface area contributed by atoms with E-state index in [1.807, 2.05) is 0 Å². The minimum absolute atomic E-state index is 0.00969. The topological polar surface area (TPSA) is 99.0 Å². The number of aliphatic carboxylic acids is 1. The van der Waals surface area contributed by atoms with Crippen LogP contribution in [0, 0.1) is 5.41 Å². The number of aromatic nitrogens is 1. The summed E-state index contributed by atoms with van der Waals surface area (Å²) in [5, 5.41) is 13.4. The Hall–Kier alpha value is -4.38. The summed E-state index contributed by atoms with van der Waals surface area (Å²) >= 11 is 6.09. The molecule has 220 valence electrons. The van der Waals surface area contributed by atoms with E-state index in [-0.39, 0.29) is 18.5 Å². The number of nitrogens with zero attached hydrogens (tertiary/aromatic N) is 1. The van der Waals surface area contributed by atoms with E-state index in [0.29, 0.717) is 33.2 Å². The van der Waals surface area contributed by atoms with E-state index >= 15 is 0 Å². The van der Waals surface area contributed by atoms with E-state index < -0.39 is 35.4 Å². The maximum atomic E-state index is 14.0. The normalized spacial score (nSPS) is 14.7. The van der Waals surface area contributed by atoms with Crippen LogP contribution in [0.4, 0.5) is 18.9 Å².